The second-order valence-electron chi connectivity index (χ2n) is 5.18. The molecule has 24 heavy (non-hydrogen) atoms. The minimum atomic E-state index is -0.510. The van der Waals surface area contributed by atoms with Crippen molar-refractivity contribution in [2.45, 2.75) is 6.42 Å². The summed E-state index contributed by atoms with van der Waals surface area (Å²) in [5, 5.41) is 2.73. The maximum absolute atomic E-state index is 12.1. The van der Waals surface area contributed by atoms with Crippen LogP contribution in [0.3, 0.4) is 0 Å². The molecule has 0 fully saturated rings. The van der Waals surface area contributed by atoms with Crippen molar-refractivity contribution in [1.82, 2.24) is 4.98 Å². The zero-order valence-electron chi connectivity index (χ0n) is 12.7. The summed E-state index contributed by atoms with van der Waals surface area (Å²) in [6.45, 7) is 0. The SMILES string of the molecule is NC(=O)c1ccc(NC(=O)Cc2coc(-c3ccccc3)n2)cc1. The lowest BCUT2D eigenvalue weighted by molar-refractivity contribution is -0.115. The Labute approximate surface area is 138 Å². The molecule has 2 amide bonds. The van der Waals surface area contributed by atoms with E-state index in [0.29, 0.717) is 22.8 Å². The Balaban J connectivity index is 1.63. The zero-order chi connectivity index (χ0) is 16.9. The summed E-state index contributed by atoms with van der Waals surface area (Å²) in [4.78, 5) is 27.4. The zero-order valence-corrected chi connectivity index (χ0v) is 12.7. The Hall–Kier alpha value is -3.41. The normalized spacial score (nSPS) is 10.3. The van der Waals surface area contributed by atoms with Crippen molar-refractivity contribution in [3.8, 4) is 11.5 Å². The van der Waals surface area contributed by atoms with Crippen LogP contribution in [0.5, 0.6) is 0 Å². The minimum absolute atomic E-state index is 0.0912. The van der Waals surface area contributed by atoms with Crippen molar-refractivity contribution in [2.75, 3.05) is 5.32 Å². The fourth-order valence-corrected chi connectivity index (χ4v) is 2.19. The topological polar surface area (TPSA) is 98.2 Å². The number of nitrogens with zero attached hydrogens (tertiary/aromatic N) is 1. The first-order chi connectivity index (χ1) is 11.6. The minimum Gasteiger partial charge on any atom is -0.444 e. The lowest BCUT2D eigenvalue weighted by Gasteiger charge is -2.04. The number of carbonyl (C=O) groups is 2. The Kier molecular flexibility index (Phi) is 4.38. The summed E-state index contributed by atoms with van der Waals surface area (Å²) in [5.41, 5.74) is 7.53. The third-order valence-corrected chi connectivity index (χ3v) is 3.37. The van der Waals surface area contributed by atoms with Crippen molar-refractivity contribution in [3.05, 3.63) is 72.1 Å². The molecule has 0 aliphatic heterocycles. The molecule has 0 atom stereocenters. The molecule has 0 saturated heterocycles. The van der Waals surface area contributed by atoms with Gasteiger partial charge < -0.3 is 15.5 Å². The summed E-state index contributed by atoms with van der Waals surface area (Å²) in [5.74, 6) is -0.261. The van der Waals surface area contributed by atoms with Gasteiger partial charge in [-0.1, -0.05) is 18.2 Å². The molecule has 2 aromatic carbocycles. The second-order valence-corrected chi connectivity index (χ2v) is 5.18. The van der Waals surface area contributed by atoms with E-state index in [0.717, 1.165) is 5.56 Å². The summed E-state index contributed by atoms with van der Waals surface area (Å²) in [7, 11) is 0. The average molecular weight is 321 g/mol. The van der Waals surface area contributed by atoms with E-state index in [9.17, 15) is 9.59 Å². The van der Waals surface area contributed by atoms with E-state index < -0.39 is 5.91 Å². The van der Waals surface area contributed by atoms with E-state index in [4.69, 9.17) is 10.2 Å². The summed E-state index contributed by atoms with van der Waals surface area (Å²) >= 11 is 0. The average Bonchev–Trinajstić information content (AvgIpc) is 3.04. The predicted octanol–water partition coefficient (Wildman–Crippen LogP) is 2.62. The van der Waals surface area contributed by atoms with Gasteiger partial charge in [-0.15, -0.1) is 0 Å². The van der Waals surface area contributed by atoms with Crippen LogP contribution >= 0.6 is 0 Å². The molecule has 1 aromatic heterocycles. The Morgan fingerprint density at radius 2 is 1.75 bits per heavy atom. The highest BCUT2D eigenvalue weighted by molar-refractivity contribution is 5.95. The molecule has 0 spiro atoms. The molecule has 0 aliphatic carbocycles. The maximum Gasteiger partial charge on any atom is 0.248 e. The highest BCUT2D eigenvalue weighted by Gasteiger charge is 2.11. The number of nitrogens with two attached hydrogens (primary N) is 1. The van der Waals surface area contributed by atoms with Crippen molar-refractivity contribution < 1.29 is 14.0 Å². The van der Waals surface area contributed by atoms with Gasteiger partial charge >= 0.3 is 0 Å². The summed E-state index contributed by atoms with van der Waals surface area (Å²) in [6.07, 6.45) is 1.56. The molecule has 3 rings (SSSR count). The van der Waals surface area contributed by atoms with E-state index in [1.807, 2.05) is 30.3 Å². The molecule has 120 valence electrons. The maximum atomic E-state index is 12.1. The third kappa shape index (κ3) is 3.67. The molecular formula is C18H15N3O3. The van der Waals surface area contributed by atoms with Crippen molar-refractivity contribution >= 4 is 17.5 Å². The number of primary amides is 1. The molecule has 0 bridgehead atoms. The van der Waals surface area contributed by atoms with Gasteiger partial charge in [0.05, 0.1) is 12.1 Å². The first-order valence-corrected chi connectivity index (χ1v) is 7.31. The number of amides is 2. The molecular weight excluding hydrogens is 306 g/mol. The highest BCUT2D eigenvalue weighted by atomic mass is 16.3. The number of hydrogen-bond donors (Lipinski definition) is 2. The molecule has 6 nitrogen and oxygen atoms in total. The van der Waals surface area contributed by atoms with Gasteiger partial charge in [0.1, 0.15) is 6.26 Å². The van der Waals surface area contributed by atoms with Crippen molar-refractivity contribution in [3.63, 3.8) is 0 Å². The van der Waals surface area contributed by atoms with Gasteiger partial charge in [0, 0.05) is 16.8 Å². The van der Waals surface area contributed by atoms with Gasteiger partial charge in [0.15, 0.2) is 0 Å². The monoisotopic (exact) mass is 321 g/mol. The van der Waals surface area contributed by atoms with Crippen molar-refractivity contribution in [1.29, 1.82) is 0 Å². The lowest BCUT2D eigenvalue weighted by atomic mass is 10.2. The van der Waals surface area contributed by atoms with Crippen LogP contribution in [-0.4, -0.2) is 16.8 Å². The largest absolute Gasteiger partial charge is 0.444 e. The Morgan fingerprint density at radius 3 is 2.42 bits per heavy atom. The van der Waals surface area contributed by atoms with E-state index in [2.05, 4.69) is 10.3 Å². The molecule has 6 heteroatoms. The van der Waals surface area contributed by atoms with E-state index in [1.165, 1.54) is 6.26 Å². The smallest absolute Gasteiger partial charge is 0.248 e. The number of carbonyl (C=O) groups excluding carboxylic acids is 2. The first-order valence-electron chi connectivity index (χ1n) is 7.31. The van der Waals surface area contributed by atoms with Gasteiger partial charge in [-0.3, -0.25) is 9.59 Å². The van der Waals surface area contributed by atoms with Crippen LogP contribution in [0.2, 0.25) is 0 Å². The van der Waals surface area contributed by atoms with E-state index in [1.54, 1.807) is 24.3 Å². The number of nitrogens with one attached hydrogen (secondary N) is 1. The molecule has 3 aromatic rings. The molecule has 0 unspecified atom stereocenters. The molecule has 3 N–H and O–H groups in total. The Bertz CT molecular complexity index is 855. The molecule has 0 radical (unpaired) electrons. The fourth-order valence-electron chi connectivity index (χ4n) is 2.19. The summed E-state index contributed by atoms with van der Waals surface area (Å²) < 4.78 is 5.40. The van der Waals surface area contributed by atoms with Gasteiger partial charge in [-0.2, -0.15) is 0 Å². The Morgan fingerprint density at radius 1 is 1.04 bits per heavy atom. The number of benzene rings is 2. The highest BCUT2D eigenvalue weighted by Crippen LogP contribution is 2.18. The molecule has 0 saturated carbocycles. The van der Waals surface area contributed by atoms with Crippen LogP contribution in [-0.2, 0) is 11.2 Å². The standard InChI is InChI=1S/C18H15N3O3/c19-17(23)12-6-8-14(9-7-12)20-16(22)10-15-11-24-18(21-15)13-4-2-1-3-5-13/h1-9,11H,10H2,(H2,19,23)(H,20,22). The summed E-state index contributed by atoms with van der Waals surface area (Å²) in [6, 6.07) is 15.8. The van der Waals surface area contributed by atoms with Gasteiger partial charge in [-0.25, -0.2) is 4.98 Å². The van der Waals surface area contributed by atoms with Crippen LogP contribution in [0, 0.1) is 0 Å². The lowest BCUT2D eigenvalue weighted by Crippen LogP contribution is -2.15. The molecule has 0 aliphatic rings. The number of oxazole rings is 1. The van der Waals surface area contributed by atoms with E-state index >= 15 is 0 Å². The number of hydrogen-bond acceptors (Lipinski definition) is 4. The number of aromatic nitrogens is 1. The quantitative estimate of drug-likeness (QED) is 0.754. The van der Waals surface area contributed by atoms with Crippen LogP contribution in [0.1, 0.15) is 16.1 Å². The van der Waals surface area contributed by atoms with Gasteiger partial charge in [0.2, 0.25) is 17.7 Å². The predicted molar refractivity (Wildman–Crippen MR) is 89.2 cm³/mol. The number of anilines is 1. The van der Waals surface area contributed by atoms with Crippen molar-refractivity contribution in [2.24, 2.45) is 5.73 Å². The second kappa shape index (κ2) is 6.78. The number of rotatable bonds is 5. The molecule has 1 heterocycles. The fraction of sp³-hybridized carbons (Fsp3) is 0.0556. The van der Waals surface area contributed by atoms with Crippen LogP contribution in [0.25, 0.3) is 11.5 Å². The van der Waals surface area contributed by atoms with Gasteiger partial charge in [-0.05, 0) is 36.4 Å². The van der Waals surface area contributed by atoms with Crippen LogP contribution in [0.4, 0.5) is 5.69 Å². The van der Waals surface area contributed by atoms with Crippen LogP contribution in [0.15, 0.2) is 65.3 Å². The third-order valence-electron chi connectivity index (χ3n) is 3.37. The van der Waals surface area contributed by atoms with Gasteiger partial charge in [0.25, 0.3) is 0 Å². The first kappa shape index (κ1) is 15.5. The van der Waals surface area contributed by atoms with E-state index in [-0.39, 0.29) is 12.3 Å². The van der Waals surface area contributed by atoms with Crippen LogP contribution < -0.4 is 11.1 Å².